The molecule has 0 amide bonds. The molecule has 2 N–H and O–H groups in total. The van der Waals surface area contributed by atoms with Crippen LogP contribution in [0.2, 0.25) is 0 Å². The molecule has 0 spiro atoms. The topological polar surface area (TPSA) is 38.5 Å². The standard InChI is InChI=1S/C18H30N2O/c1-13(2)12-20(16-8-9-16)18(11-19)15-6-5-7-17(10-15)21-14(3)4/h5-7,10,13-14,16,18H,8-9,11-12,19H2,1-4H3. The third-order valence-corrected chi connectivity index (χ3v) is 3.83. The summed E-state index contributed by atoms with van der Waals surface area (Å²) in [6, 6.07) is 9.47. The molecule has 1 fully saturated rings. The fraction of sp³-hybridized carbons (Fsp3) is 0.667. The Morgan fingerprint density at radius 3 is 2.48 bits per heavy atom. The van der Waals surface area contributed by atoms with Crippen molar-refractivity contribution in [3.8, 4) is 5.75 Å². The van der Waals surface area contributed by atoms with Crippen LogP contribution in [0.4, 0.5) is 0 Å². The Hall–Kier alpha value is -1.06. The van der Waals surface area contributed by atoms with Gasteiger partial charge in [0.1, 0.15) is 5.75 Å². The van der Waals surface area contributed by atoms with Crippen LogP contribution in [0.5, 0.6) is 5.75 Å². The van der Waals surface area contributed by atoms with E-state index in [9.17, 15) is 0 Å². The van der Waals surface area contributed by atoms with Crippen molar-refractivity contribution in [2.45, 2.75) is 58.7 Å². The summed E-state index contributed by atoms with van der Waals surface area (Å²) < 4.78 is 5.83. The highest BCUT2D eigenvalue weighted by Crippen LogP contribution is 2.35. The molecule has 21 heavy (non-hydrogen) atoms. The summed E-state index contributed by atoms with van der Waals surface area (Å²) in [7, 11) is 0. The average Bonchev–Trinajstić information content (AvgIpc) is 3.22. The second-order valence-electron chi connectivity index (χ2n) is 6.81. The van der Waals surface area contributed by atoms with E-state index in [0.29, 0.717) is 18.5 Å². The van der Waals surface area contributed by atoms with E-state index >= 15 is 0 Å². The lowest BCUT2D eigenvalue weighted by Crippen LogP contribution is -2.38. The van der Waals surface area contributed by atoms with Crippen LogP contribution >= 0.6 is 0 Å². The fourth-order valence-corrected chi connectivity index (χ4v) is 2.89. The van der Waals surface area contributed by atoms with Gasteiger partial charge >= 0.3 is 0 Å². The predicted molar refractivity (Wildman–Crippen MR) is 88.6 cm³/mol. The highest BCUT2D eigenvalue weighted by atomic mass is 16.5. The van der Waals surface area contributed by atoms with Gasteiger partial charge in [0.2, 0.25) is 0 Å². The van der Waals surface area contributed by atoms with Crippen molar-refractivity contribution >= 4 is 0 Å². The molecule has 0 aliphatic heterocycles. The molecule has 0 aromatic heterocycles. The van der Waals surface area contributed by atoms with E-state index in [4.69, 9.17) is 10.5 Å². The van der Waals surface area contributed by atoms with Gasteiger partial charge in [-0.2, -0.15) is 0 Å². The molecule has 1 aliphatic rings. The van der Waals surface area contributed by atoms with E-state index in [2.05, 4.69) is 50.8 Å². The SMILES string of the molecule is CC(C)CN(C1CC1)C(CN)c1cccc(OC(C)C)c1. The maximum absolute atomic E-state index is 6.12. The van der Waals surface area contributed by atoms with Crippen molar-refractivity contribution in [1.82, 2.24) is 4.90 Å². The normalized spacial score (nSPS) is 16.8. The molecule has 0 heterocycles. The van der Waals surface area contributed by atoms with Crippen LogP contribution in [0.1, 0.15) is 52.1 Å². The molecule has 0 radical (unpaired) electrons. The van der Waals surface area contributed by atoms with Crippen molar-refractivity contribution in [2.24, 2.45) is 11.7 Å². The Morgan fingerprint density at radius 1 is 1.24 bits per heavy atom. The average molecular weight is 290 g/mol. The van der Waals surface area contributed by atoms with Gasteiger partial charge in [-0.1, -0.05) is 26.0 Å². The van der Waals surface area contributed by atoms with Gasteiger partial charge in [-0.15, -0.1) is 0 Å². The Morgan fingerprint density at radius 2 is 1.95 bits per heavy atom. The summed E-state index contributed by atoms with van der Waals surface area (Å²) >= 11 is 0. The van der Waals surface area contributed by atoms with E-state index < -0.39 is 0 Å². The minimum absolute atomic E-state index is 0.201. The number of nitrogens with two attached hydrogens (primary N) is 1. The van der Waals surface area contributed by atoms with Gasteiger partial charge in [-0.3, -0.25) is 4.90 Å². The lowest BCUT2D eigenvalue weighted by atomic mass is 10.0. The molecule has 0 saturated heterocycles. The van der Waals surface area contributed by atoms with Gasteiger partial charge in [-0.25, -0.2) is 0 Å². The van der Waals surface area contributed by atoms with Crippen LogP contribution in [0.25, 0.3) is 0 Å². The number of hydrogen-bond donors (Lipinski definition) is 1. The summed E-state index contributed by atoms with van der Waals surface area (Å²) in [6.07, 6.45) is 2.82. The zero-order valence-electron chi connectivity index (χ0n) is 13.9. The van der Waals surface area contributed by atoms with Crippen LogP contribution in [-0.2, 0) is 0 Å². The Kier molecular flexibility index (Phi) is 5.65. The number of nitrogens with zero attached hydrogens (tertiary/aromatic N) is 1. The van der Waals surface area contributed by atoms with Gasteiger partial charge < -0.3 is 10.5 Å². The summed E-state index contributed by atoms with van der Waals surface area (Å²) in [5.74, 6) is 1.61. The second kappa shape index (κ2) is 7.28. The number of hydrogen-bond acceptors (Lipinski definition) is 3. The molecule has 0 bridgehead atoms. The second-order valence-corrected chi connectivity index (χ2v) is 6.81. The Labute approximate surface area is 129 Å². The fourth-order valence-electron chi connectivity index (χ4n) is 2.89. The molecule has 3 heteroatoms. The summed E-state index contributed by atoms with van der Waals surface area (Å²) in [6.45, 7) is 10.4. The minimum atomic E-state index is 0.201. The third kappa shape index (κ3) is 4.72. The van der Waals surface area contributed by atoms with E-state index in [1.54, 1.807) is 0 Å². The number of ether oxygens (including phenoxy) is 1. The lowest BCUT2D eigenvalue weighted by Gasteiger charge is -2.33. The van der Waals surface area contributed by atoms with Crippen molar-refractivity contribution < 1.29 is 4.74 Å². The monoisotopic (exact) mass is 290 g/mol. The van der Waals surface area contributed by atoms with Crippen LogP contribution in [-0.4, -0.2) is 30.1 Å². The first-order valence-electron chi connectivity index (χ1n) is 8.23. The highest BCUT2D eigenvalue weighted by Gasteiger charge is 2.34. The smallest absolute Gasteiger partial charge is 0.120 e. The molecule has 1 aliphatic carbocycles. The van der Waals surface area contributed by atoms with E-state index in [1.807, 2.05) is 6.07 Å². The van der Waals surface area contributed by atoms with Gasteiger partial charge in [0.25, 0.3) is 0 Å². The summed E-state index contributed by atoms with van der Waals surface area (Å²) in [4.78, 5) is 2.60. The first-order valence-corrected chi connectivity index (χ1v) is 8.23. The van der Waals surface area contributed by atoms with Gasteiger partial charge in [0, 0.05) is 25.2 Å². The highest BCUT2D eigenvalue weighted by molar-refractivity contribution is 5.31. The van der Waals surface area contributed by atoms with E-state index in [-0.39, 0.29) is 6.10 Å². The number of rotatable bonds is 8. The zero-order valence-corrected chi connectivity index (χ0v) is 13.9. The number of benzene rings is 1. The molecule has 1 aromatic carbocycles. The predicted octanol–water partition coefficient (Wildman–Crippen LogP) is 3.59. The van der Waals surface area contributed by atoms with Crippen LogP contribution < -0.4 is 10.5 Å². The van der Waals surface area contributed by atoms with Crippen LogP contribution in [0.3, 0.4) is 0 Å². The minimum Gasteiger partial charge on any atom is -0.491 e. The molecular formula is C18H30N2O. The Bertz CT molecular complexity index is 441. The summed E-state index contributed by atoms with van der Waals surface area (Å²) in [5.41, 5.74) is 7.40. The molecule has 1 aromatic rings. The van der Waals surface area contributed by atoms with Crippen molar-refractivity contribution in [3.63, 3.8) is 0 Å². The van der Waals surface area contributed by atoms with E-state index in [1.165, 1.54) is 18.4 Å². The quantitative estimate of drug-likeness (QED) is 0.795. The molecular weight excluding hydrogens is 260 g/mol. The third-order valence-electron chi connectivity index (χ3n) is 3.83. The molecule has 1 saturated carbocycles. The largest absolute Gasteiger partial charge is 0.491 e. The van der Waals surface area contributed by atoms with Crippen LogP contribution in [0, 0.1) is 5.92 Å². The lowest BCUT2D eigenvalue weighted by molar-refractivity contribution is 0.169. The van der Waals surface area contributed by atoms with Crippen LogP contribution in [0.15, 0.2) is 24.3 Å². The van der Waals surface area contributed by atoms with Gasteiger partial charge in [0.15, 0.2) is 0 Å². The first-order chi connectivity index (χ1) is 10.0. The molecule has 2 rings (SSSR count). The maximum atomic E-state index is 6.12. The molecule has 3 nitrogen and oxygen atoms in total. The van der Waals surface area contributed by atoms with Crippen molar-refractivity contribution in [2.75, 3.05) is 13.1 Å². The zero-order chi connectivity index (χ0) is 15.4. The van der Waals surface area contributed by atoms with Gasteiger partial charge in [-0.05, 0) is 50.3 Å². The van der Waals surface area contributed by atoms with Gasteiger partial charge in [0.05, 0.1) is 6.10 Å². The molecule has 1 atom stereocenters. The molecule has 1 unspecified atom stereocenters. The van der Waals surface area contributed by atoms with Crippen molar-refractivity contribution in [1.29, 1.82) is 0 Å². The first kappa shape index (κ1) is 16.3. The Balaban J connectivity index is 2.18. The maximum Gasteiger partial charge on any atom is 0.120 e. The van der Waals surface area contributed by atoms with E-state index in [0.717, 1.165) is 18.3 Å². The summed E-state index contributed by atoms with van der Waals surface area (Å²) in [5, 5.41) is 0. The van der Waals surface area contributed by atoms with Crippen molar-refractivity contribution in [3.05, 3.63) is 29.8 Å². The molecule has 118 valence electrons.